The summed E-state index contributed by atoms with van der Waals surface area (Å²) in [7, 11) is 0. The number of aryl methyl sites for hydroxylation is 2. The van der Waals surface area contributed by atoms with E-state index in [1.54, 1.807) is 11.3 Å². The molecule has 0 saturated carbocycles. The molecule has 2 rings (SSSR count). The monoisotopic (exact) mass is 349 g/mol. The van der Waals surface area contributed by atoms with E-state index in [1.807, 2.05) is 11.3 Å². The van der Waals surface area contributed by atoms with Gasteiger partial charge in [-0.25, -0.2) is 0 Å². The van der Waals surface area contributed by atoms with E-state index >= 15 is 0 Å². The van der Waals surface area contributed by atoms with Crippen LogP contribution in [0.25, 0.3) is 0 Å². The van der Waals surface area contributed by atoms with Crippen LogP contribution in [0.2, 0.25) is 0 Å². The van der Waals surface area contributed by atoms with Crippen LogP contribution in [0.5, 0.6) is 0 Å². The Bertz CT molecular complexity index is 473. The Labute approximate surface area is 111 Å². The Kier molecular flexibility index (Phi) is 3.49. The normalized spacial score (nSPS) is 13.1. The zero-order valence-electron chi connectivity index (χ0n) is 8.58. The molecule has 0 saturated heterocycles. The predicted molar refractivity (Wildman–Crippen MR) is 76.9 cm³/mol. The van der Waals surface area contributed by atoms with Gasteiger partial charge in [-0.1, -0.05) is 0 Å². The van der Waals surface area contributed by atoms with E-state index in [4.69, 9.17) is 5.73 Å². The van der Waals surface area contributed by atoms with Gasteiger partial charge in [0.05, 0.1) is 8.93 Å². The number of nitrogens with two attached hydrogens (primary N) is 1. The second kappa shape index (κ2) is 4.53. The molecule has 0 aliphatic rings. The van der Waals surface area contributed by atoms with E-state index in [0.717, 1.165) is 0 Å². The van der Waals surface area contributed by atoms with E-state index in [0.29, 0.717) is 0 Å². The van der Waals surface area contributed by atoms with Crippen molar-refractivity contribution in [1.29, 1.82) is 0 Å². The fourth-order valence-corrected chi connectivity index (χ4v) is 4.01. The van der Waals surface area contributed by atoms with E-state index in [-0.39, 0.29) is 6.04 Å². The molecule has 0 radical (unpaired) electrons. The SMILES string of the molecule is Cc1cc(C(N)c2csc(I)c2)c(C)s1. The summed E-state index contributed by atoms with van der Waals surface area (Å²) in [6, 6.07) is 4.41. The molecule has 0 spiro atoms. The van der Waals surface area contributed by atoms with Crippen molar-refractivity contribution < 1.29 is 0 Å². The zero-order valence-corrected chi connectivity index (χ0v) is 12.4. The predicted octanol–water partition coefficient (Wildman–Crippen LogP) is 4.08. The number of halogens is 1. The highest BCUT2D eigenvalue weighted by Gasteiger charge is 2.14. The molecule has 0 aliphatic heterocycles. The fraction of sp³-hybridized carbons (Fsp3) is 0.273. The van der Waals surface area contributed by atoms with Crippen LogP contribution in [0.15, 0.2) is 17.5 Å². The van der Waals surface area contributed by atoms with Gasteiger partial charge in [-0.3, -0.25) is 0 Å². The average Bonchev–Trinajstić information content (AvgIpc) is 2.71. The first kappa shape index (κ1) is 11.6. The fourth-order valence-electron chi connectivity index (χ4n) is 1.63. The van der Waals surface area contributed by atoms with Crippen molar-refractivity contribution in [2.45, 2.75) is 19.9 Å². The zero-order chi connectivity index (χ0) is 11.0. The Morgan fingerprint density at radius 3 is 2.53 bits per heavy atom. The summed E-state index contributed by atoms with van der Waals surface area (Å²) >= 11 is 5.90. The molecule has 0 bridgehead atoms. The lowest BCUT2D eigenvalue weighted by atomic mass is 10.0. The first-order valence-electron chi connectivity index (χ1n) is 4.64. The van der Waals surface area contributed by atoms with Crippen LogP contribution in [0, 0.1) is 16.7 Å². The van der Waals surface area contributed by atoms with Gasteiger partial charge in [0.1, 0.15) is 0 Å². The Morgan fingerprint density at radius 1 is 1.33 bits per heavy atom. The van der Waals surface area contributed by atoms with Crippen molar-refractivity contribution in [2.75, 3.05) is 0 Å². The Hall–Kier alpha value is 0.0900. The number of hydrogen-bond acceptors (Lipinski definition) is 3. The van der Waals surface area contributed by atoms with Crippen LogP contribution in [0.1, 0.15) is 26.9 Å². The molecule has 2 aromatic heterocycles. The summed E-state index contributed by atoms with van der Waals surface area (Å²) in [6.07, 6.45) is 0. The topological polar surface area (TPSA) is 26.0 Å². The van der Waals surface area contributed by atoms with Gasteiger partial charge in [-0.05, 0) is 65.1 Å². The maximum Gasteiger partial charge on any atom is 0.0656 e. The second-order valence-corrected chi connectivity index (χ2v) is 7.80. The molecule has 0 aromatic carbocycles. The van der Waals surface area contributed by atoms with Gasteiger partial charge in [0.15, 0.2) is 0 Å². The van der Waals surface area contributed by atoms with Gasteiger partial charge >= 0.3 is 0 Å². The standard InChI is InChI=1S/C11H12INS2/c1-6-3-9(7(2)15-6)11(13)8-4-10(12)14-5-8/h3-5,11H,13H2,1-2H3. The molecule has 15 heavy (non-hydrogen) atoms. The minimum Gasteiger partial charge on any atom is -0.320 e. The van der Waals surface area contributed by atoms with Gasteiger partial charge in [-0.2, -0.15) is 0 Å². The molecule has 2 N–H and O–H groups in total. The third-order valence-corrected chi connectivity index (χ3v) is 5.15. The van der Waals surface area contributed by atoms with Gasteiger partial charge in [0.2, 0.25) is 0 Å². The number of hydrogen-bond donors (Lipinski definition) is 1. The Balaban J connectivity index is 2.35. The lowest BCUT2D eigenvalue weighted by Crippen LogP contribution is -2.10. The summed E-state index contributed by atoms with van der Waals surface area (Å²) < 4.78 is 1.29. The number of rotatable bonds is 2. The van der Waals surface area contributed by atoms with Crippen LogP contribution in [0.4, 0.5) is 0 Å². The molecular formula is C11H12INS2. The van der Waals surface area contributed by atoms with Crippen molar-refractivity contribution in [3.8, 4) is 0 Å². The minimum absolute atomic E-state index is 0.0368. The van der Waals surface area contributed by atoms with E-state index in [2.05, 4.69) is 54.0 Å². The molecular weight excluding hydrogens is 337 g/mol. The molecule has 0 amide bonds. The third kappa shape index (κ3) is 2.43. The minimum atomic E-state index is 0.0368. The second-order valence-electron chi connectivity index (χ2n) is 3.53. The Morgan fingerprint density at radius 2 is 2.07 bits per heavy atom. The van der Waals surface area contributed by atoms with E-state index < -0.39 is 0 Å². The quantitative estimate of drug-likeness (QED) is 0.813. The highest BCUT2D eigenvalue weighted by Crippen LogP contribution is 2.31. The first-order valence-corrected chi connectivity index (χ1v) is 7.42. The summed E-state index contributed by atoms with van der Waals surface area (Å²) in [6.45, 7) is 4.27. The van der Waals surface area contributed by atoms with Crippen LogP contribution in [-0.4, -0.2) is 0 Å². The largest absolute Gasteiger partial charge is 0.320 e. The lowest BCUT2D eigenvalue weighted by molar-refractivity contribution is 0.873. The van der Waals surface area contributed by atoms with Crippen LogP contribution < -0.4 is 5.73 Å². The lowest BCUT2D eigenvalue weighted by Gasteiger charge is -2.09. The van der Waals surface area contributed by atoms with Gasteiger partial charge < -0.3 is 5.73 Å². The summed E-state index contributed by atoms with van der Waals surface area (Å²) in [4.78, 5) is 2.67. The molecule has 2 heterocycles. The van der Waals surface area contributed by atoms with Crippen molar-refractivity contribution in [2.24, 2.45) is 5.73 Å². The molecule has 0 aliphatic carbocycles. The first-order chi connectivity index (χ1) is 7.08. The van der Waals surface area contributed by atoms with Gasteiger partial charge in [0.25, 0.3) is 0 Å². The molecule has 2 aromatic rings. The summed E-state index contributed by atoms with van der Waals surface area (Å²) in [5.74, 6) is 0. The average molecular weight is 349 g/mol. The van der Waals surface area contributed by atoms with E-state index in [9.17, 15) is 0 Å². The third-order valence-electron chi connectivity index (χ3n) is 2.36. The molecule has 0 fully saturated rings. The molecule has 1 nitrogen and oxygen atoms in total. The van der Waals surface area contributed by atoms with Crippen LogP contribution >= 0.6 is 45.3 Å². The smallest absolute Gasteiger partial charge is 0.0656 e. The maximum atomic E-state index is 6.25. The van der Waals surface area contributed by atoms with Gasteiger partial charge in [0, 0.05) is 9.75 Å². The van der Waals surface area contributed by atoms with Crippen molar-refractivity contribution in [3.63, 3.8) is 0 Å². The van der Waals surface area contributed by atoms with Gasteiger partial charge in [-0.15, -0.1) is 22.7 Å². The number of thiophene rings is 2. The molecule has 1 unspecified atom stereocenters. The highest BCUT2D eigenvalue weighted by molar-refractivity contribution is 14.1. The van der Waals surface area contributed by atoms with E-state index in [1.165, 1.54) is 23.8 Å². The van der Waals surface area contributed by atoms with Crippen molar-refractivity contribution >= 4 is 45.3 Å². The molecule has 80 valence electrons. The summed E-state index contributed by atoms with van der Waals surface area (Å²) in [5.41, 5.74) is 8.75. The van der Waals surface area contributed by atoms with Crippen LogP contribution in [-0.2, 0) is 0 Å². The molecule has 4 heteroatoms. The van der Waals surface area contributed by atoms with Crippen molar-refractivity contribution in [3.05, 3.63) is 41.3 Å². The summed E-state index contributed by atoms with van der Waals surface area (Å²) in [5, 5.41) is 2.15. The van der Waals surface area contributed by atoms with Crippen LogP contribution in [0.3, 0.4) is 0 Å². The van der Waals surface area contributed by atoms with Crippen molar-refractivity contribution in [1.82, 2.24) is 0 Å². The highest BCUT2D eigenvalue weighted by atomic mass is 127. The molecule has 1 atom stereocenters. The maximum absolute atomic E-state index is 6.25.